The number of fused-ring (bicyclic) bond motifs is 1. The first-order chi connectivity index (χ1) is 16.2. The Labute approximate surface area is 203 Å². The molecule has 0 bridgehead atoms. The summed E-state index contributed by atoms with van der Waals surface area (Å²) >= 11 is 1.43. The van der Waals surface area contributed by atoms with Crippen molar-refractivity contribution in [1.29, 1.82) is 0 Å². The van der Waals surface area contributed by atoms with E-state index in [1.807, 2.05) is 55.8 Å². The van der Waals surface area contributed by atoms with Gasteiger partial charge in [-0.25, -0.2) is 13.1 Å². The minimum absolute atomic E-state index is 0.0663. The van der Waals surface area contributed by atoms with E-state index in [0.29, 0.717) is 22.9 Å². The Morgan fingerprint density at radius 1 is 0.882 bits per heavy atom. The van der Waals surface area contributed by atoms with Crippen LogP contribution in [0.1, 0.15) is 26.5 Å². The lowest BCUT2D eigenvalue weighted by molar-refractivity contribution is 0.0703. The maximum atomic E-state index is 13.3. The largest absolute Gasteiger partial charge is 0.335 e. The van der Waals surface area contributed by atoms with Crippen molar-refractivity contribution in [3.63, 3.8) is 0 Å². The second kappa shape index (κ2) is 8.65. The molecule has 1 fully saturated rings. The van der Waals surface area contributed by atoms with Crippen LogP contribution in [0.25, 0.3) is 15.9 Å². The summed E-state index contributed by atoms with van der Waals surface area (Å²) in [7, 11) is -3.56. The van der Waals surface area contributed by atoms with Crippen molar-refractivity contribution in [1.82, 2.24) is 19.0 Å². The number of thiophene rings is 1. The number of sulfonamides is 1. The number of nitrogens with zero attached hydrogens (tertiary/aromatic N) is 4. The number of hydrogen-bond donors (Lipinski definition) is 0. The summed E-state index contributed by atoms with van der Waals surface area (Å²) < 4.78 is 29.3. The van der Waals surface area contributed by atoms with Crippen LogP contribution in [0, 0.1) is 20.8 Å². The molecular weight excluding hydrogens is 468 g/mol. The number of amides is 1. The molecule has 2 aromatic carbocycles. The monoisotopic (exact) mass is 494 g/mol. The van der Waals surface area contributed by atoms with Gasteiger partial charge < -0.3 is 4.90 Å². The summed E-state index contributed by atoms with van der Waals surface area (Å²) in [5.41, 5.74) is 4.02. The molecule has 1 amide bonds. The second-order valence-corrected chi connectivity index (χ2v) is 11.6. The van der Waals surface area contributed by atoms with E-state index < -0.39 is 10.0 Å². The minimum atomic E-state index is -3.56. The van der Waals surface area contributed by atoms with E-state index in [9.17, 15) is 13.2 Å². The lowest BCUT2D eigenvalue weighted by Gasteiger charge is -2.33. The fraction of sp³-hybridized carbons (Fsp3) is 0.280. The van der Waals surface area contributed by atoms with Gasteiger partial charge in [-0.2, -0.15) is 9.40 Å². The highest BCUT2D eigenvalue weighted by Crippen LogP contribution is 2.31. The molecule has 9 heteroatoms. The first-order valence-electron chi connectivity index (χ1n) is 11.2. The first kappa shape index (κ1) is 22.8. The molecule has 4 aromatic rings. The van der Waals surface area contributed by atoms with E-state index >= 15 is 0 Å². The zero-order chi connectivity index (χ0) is 24.0. The van der Waals surface area contributed by atoms with Crippen molar-refractivity contribution in [2.24, 2.45) is 0 Å². The van der Waals surface area contributed by atoms with E-state index in [-0.39, 0.29) is 19.0 Å². The highest BCUT2D eigenvalue weighted by atomic mass is 32.2. The molecular formula is C25H26N4O3S2. The number of aryl methyl sites for hydroxylation is 3. The van der Waals surface area contributed by atoms with Crippen LogP contribution in [0.4, 0.5) is 0 Å². The molecule has 0 spiro atoms. The Morgan fingerprint density at radius 2 is 1.47 bits per heavy atom. The van der Waals surface area contributed by atoms with Gasteiger partial charge in [-0.05, 0) is 51.1 Å². The number of carbonyl (C=O) groups is 1. The summed E-state index contributed by atoms with van der Waals surface area (Å²) in [6, 6.07) is 16.9. The molecule has 1 aliphatic rings. The second-order valence-electron chi connectivity index (χ2n) is 8.67. The molecule has 3 heterocycles. The van der Waals surface area contributed by atoms with Crippen molar-refractivity contribution in [2.75, 3.05) is 26.2 Å². The minimum Gasteiger partial charge on any atom is -0.335 e. The van der Waals surface area contributed by atoms with Gasteiger partial charge in [-0.3, -0.25) is 4.79 Å². The zero-order valence-electron chi connectivity index (χ0n) is 19.4. The van der Waals surface area contributed by atoms with E-state index in [1.165, 1.54) is 21.2 Å². The molecule has 176 valence electrons. The Hall–Kier alpha value is -3.01. The average molecular weight is 495 g/mol. The van der Waals surface area contributed by atoms with Crippen LogP contribution in [0.5, 0.6) is 0 Å². The van der Waals surface area contributed by atoms with Gasteiger partial charge in [0.2, 0.25) is 10.0 Å². The smallest absolute Gasteiger partial charge is 0.264 e. The number of carbonyl (C=O) groups excluding carboxylic acids is 1. The Kier molecular flexibility index (Phi) is 5.79. The molecule has 2 aromatic heterocycles. The van der Waals surface area contributed by atoms with Crippen molar-refractivity contribution in [3.05, 3.63) is 76.3 Å². The van der Waals surface area contributed by atoms with Gasteiger partial charge in [-0.1, -0.05) is 35.4 Å². The summed E-state index contributed by atoms with van der Waals surface area (Å²) in [4.78, 5) is 16.9. The number of rotatable bonds is 4. The Balaban J connectivity index is 1.34. The summed E-state index contributed by atoms with van der Waals surface area (Å²) in [5.74, 6) is -0.0663. The van der Waals surface area contributed by atoms with Gasteiger partial charge in [0.15, 0.2) is 0 Å². The molecule has 0 saturated carbocycles. The third-order valence-electron chi connectivity index (χ3n) is 6.22. The zero-order valence-corrected chi connectivity index (χ0v) is 21.0. The maximum Gasteiger partial charge on any atom is 0.264 e. The van der Waals surface area contributed by atoms with Crippen LogP contribution in [0.15, 0.2) is 59.5 Å². The van der Waals surface area contributed by atoms with Gasteiger partial charge >= 0.3 is 0 Å². The predicted octanol–water partition coefficient (Wildman–Crippen LogP) is 4.16. The highest BCUT2D eigenvalue weighted by molar-refractivity contribution is 7.89. The SMILES string of the molecule is Cc1ccc(-n2nc(C)c3cc(C(=O)N4CCN(S(=O)(=O)c5ccc(C)cc5)CC4)sc32)cc1. The lowest BCUT2D eigenvalue weighted by atomic mass is 10.2. The first-order valence-corrected chi connectivity index (χ1v) is 13.4. The van der Waals surface area contributed by atoms with E-state index in [1.54, 1.807) is 29.2 Å². The van der Waals surface area contributed by atoms with Gasteiger partial charge in [0.1, 0.15) is 4.83 Å². The molecule has 1 aliphatic heterocycles. The lowest BCUT2D eigenvalue weighted by Crippen LogP contribution is -2.50. The van der Waals surface area contributed by atoms with Crippen molar-refractivity contribution >= 4 is 37.5 Å². The van der Waals surface area contributed by atoms with Gasteiger partial charge in [0.05, 0.1) is 21.2 Å². The number of benzene rings is 2. The van der Waals surface area contributed by atoms with E-state index in [4.69, 9.17) is 0 Å². The summed E-state index contributed by atoms with van der Waals surface area (Å²) in [5, 5.41) is 5.63. The normalized spacial score (nSPS) is 15.2. The van der Waals surface area contributed by atoms with Crippen molar-refractivity contribution < 1.29 is 13.2 Å². The molecule has 34 heavy (non-hydrogen) atoms. The predicted molar refractivity (Wildman–Crippen MR) is 134 cm³/mol. The van der Waals surface area contributed by atoms with Crippen LogP contribution in [-0.4, -0.2) is 59.5 Å². The quantitative estimate of drug-likeness (QED) is 0.427. The molecule has 5 rings (SSSR count). The van der Waals surface area contributed by atoms with Crippen LogP contribution < -0.4 is 0 Å². The average Bonchev–Trinajstić information content (AvgIpc) is 3.40. The summed E-state index contributed by atoms with van der Waals surface area (Å²) in [6.07, 6.45) is 0. The molecule has 0 N–H and O–H groups in total. The van der Waals surface area contributed by atoms with E-state index in [0.717, 1.165) is 27.2 Å². The number of hydrogen-bond acceptors (Lipinski definition) is 5. The highest BCUT2D eigenvalue weighted by Gasteiger charge is 2.31. The van der Waals surface area contributed by atoms with Crippen molar-refractivity contribution in [3.8, 4) is 5.69 Å². The number of piperazine rings is 1. The van der Waals surface area contributed by atoms with Crippen LogP contribution in [-0.2, 0) is 10.0 Å². The Morgan fingerprint density at radius 3 is 2.09 bits per heavy atom. The number of aromatic nitrogens is 2. The molecule has 0 aliphatic carbocycles. The maximum absolute atomic E-state index is 13.3. The van der Waals surface area contributed by atoms with Gasteiger partial charge in [-0.15, -0.1) is 11.3 Å². The third-order valence-corrected chi connectivity index (χ3v) is 9.23. The molecule has 1 saturated heterocycles. The molecule has 0 radical (unpaired) electrons. The molecule has 0 unspecified atom stereocenters. The Bertz CT molecular complexity index is 1460. The summed E-state index contributed by atoms with van der Waals surface area (Å²) in [6.45, 7) is 7.20. The van der Waals surface area contributed by atoms with Crippen LogP contribution in [0.3, 0.4) is 0 Å². The van der Waals surface area contributed by atoms with Crippen molar-refractivity contribution in [2.45, 2.75) is 25.7 Å². The topological polar surface area (TPSA) is 75.5 Å². The fourth-order valence-corrected chi connectivity index (χ4v) is 6.73. The fourth-order valence-electron chi connectivity index (χ4n) is 4.16. The van der Waals surface area contributed by atoms with E-state index in [2.05, 4.69) is 5.10 Å². The van der Waals surface area contributed by atoms with Gasteiger partial charge in [0, 0.05) is 31.6 Å². The van der Waals surface area contributed by atoms with Gasteiger partial charge in [0.25, 0.3) is 5.91 Å². The molecule has 7 nitrogen and oxygen atoms in total. The standard InChI is InChI=1S/C25H26N4O3S2/c1-17-4-8-20(9-5-17)29-25-22(19(3)26-29)16-23(33-25)24(30)27-12-14-28(15-13-27)34(31,32)21-10-6-18(2)7-11-21/h4-11,16H,12-15H2,1-3H3. The van der Waals surface area contributed by atoms with Crippen LogP contribution in [0.2, 0.25) is 0 Å². The molecule has 0 atom stereocenters. The van der Waals surface area contributed by atoms with Crippen LogP contribution >= 0.6 is 11.3 Å². The third kappa shape index (κ3) is 4.04.